The van der Waals surface area contributed by atoms with Gasteiger partial charge in [0.05, 0.1) is 27.0 Å². The first-order chi connectivity index (χ1) is 17.8. The number of thiazole rings is 1. The number of carboxylic acids is 1. The molecule has 1 aliphatic carbocycles. The van der Waals surface area contributed by atoms with E-state index in [1.807, 2.05) is 31.2 Å². The smallest absolute Gasteiger partial charge is 0.335 e. The van der Waals surface area contributed by atoms with Gasteiger partial charge in [-0.25, -0.2) is 14.8 Å². The lowest BCUT2D eigenvalue weighted by Gasteiger charge is -2.31. The lowest BCUT2D eigenvalue weighted by Crippen LogP contribution is -2.48. The zero-order chi connectivity index (χ0) is 26.2. The minimum Gasteiger partial charge on any atom is -0.478 e. The summed E-state index contributed by atoms with van der Waals surface area (Å²) in [4.78, 5) is 25.3. The summed E-state index contributed by atoms with van der Waals surface area (Å²) in [5.41, 5.74) is 1.27. The highest BCUT2D eigenvalue weighted by Crippen LogP contribution is 2.40. The fraction of sp³-hybridized carbons (Fsp3) is 0.308. The molecule has 2 aromatic heterocycles. The molecule has 1 fully saturated rings. The Balaban J connectivity index is 1.52. The minimum absolute atomic E-state index is 0.181. The fourth-order valence-corrected chi connectivity index (χ4v) is 5.67. The minimum atomic E-state index is -1.69. The summed E-state index contributed by atoms with van der Waals surface area (Å²) in [6.45, 7) is 1.86. The number of nitrogens with zero attached hydrogens (tertiary/aromatic N) is 3. The van der Waals surface area contributed by atoms with E-state index in [-0.39, 0.29) is 31.1 Å². The van der Waals surface area contributed by atoms with Crippen molar-refractivity contribution in [3.05, 3.63) is 65.4 Å². The highest BCUT2D eigenvalue weighted by Gasteiger charge is 2.47. The molecule has 5 rings (SSSR count). The largest absolute Gasteiger partial charge is 0.478 e. The third-order valence-corrected chi connectivity index (χ3v) is 7.68. The molecule has 3 unspecified atom stereocenters. The molecule has 37 heavy (non-hydrogen) atoms. The summed E-state index contributed by atoms with van der Waals surface area (Å²) >= 11 is 1.47. The Morgan fingerprint density at radius 3 is 2.70 bits per heavy atom. The van der Waals surface area contributed by atoms with E-state index < -0.39 is 23.7 Å². The lowest BCUT2D eigenvalue weighted by molar-refractivity contribution is -0.0545. The van der Waals surface area contributed by atoms with Crippen LogP contribution in [0, 0.1) is 12.8 Å². The predicted octanol–water partition coefficient (Wildman–Crippen LogP) is 3.24. The zero-order valence-corrected chi connectivity index (χ0v) is 20.9. The van der Waals surface area contributed by atoms with E-state index in [2.05, 4.69) is 20.6 Å². The zero-order valence-electron chi connectivity index (χ0n) is 20.0. The van der Waals surface area contributed by atoms with E-state index >= 15 is 0 Å². The molecule has 3 atom stereocenters. The van der Waals surface area contributed by atoms with Crippen molar-refractivity contribution in [3.8, 4) is 10.6 Å². The van der Waals surface area contributed by atoms with Gasteiger partial charge in [0.1, 0.15) is 16.9 Å². The number of carboxylic acid groups (broad SMARTS) is 1. The van der Waals surface area contributed by atoms with Crippen LogP contribution in [-0.4, -0.2) is 59.8 Å². The van der Waals surface area contributed by atoms with E-state index in [0.717, 1.165) is 15.8 Å². The second kappa shape index (κ2) is 10.0. The second-order valence-electron chi connectivity index (χ2n) is 9.18. The Hall–Kier alpha value is -3.64. The number of hydrogen-bond donors (Lipinski definition) is 6. The van der Waals surface area contributed by atoms with Crippen LogP contribution in [-0.2, 0) is 6.54 Å². The fourth-order valence-electron chi connectivity index (χ4n) is 4.61. The molecule has 11 heteroatoms. The van der Waals surface area contributed by atoms with Crippen molar-refractivity contribution < 1.29 is 25.2 Å². The first-order valence-electron chi connectivity index (χ1n) is 11.9. The van der Waals surface area contributed by atoms with Crippen LogP contribution in [0.5, 0.6) is 0 Å². The molecule has 2 heterocycles. The Bertz CT molecular complexity index is 1430. The monoisotopic (exact) mass is 521 g/mol. The average Bonchev–Trinajstić information content (AvgIpc) is 3.43. The van der Waals surface area contributed by atoms with Crippen LogP contribution in [0.25, 0.3) is 20.8 Å². The van der Waals surface area contributed by atoms with Crippen molar-refractivity contribution in [1.29, 1.82) is 0 Å². The molecule has 0 aliphatic heterocycles. The van der Waals surface area contributed by atoms with E-state index in [1.54, 1.807) is 18.2 Å². The number of hydrogen-bond acceptors (Lipinski definition) is 10. The SMILES string of the molecule is Cc1nc(NCc2cccc(C(=O)O)c2)nc(NC2(O)CCC(CO)C2O)c1-c1nc2ccccc2s1. The molecule has 0 saturated heterocycles. The van der Waals surface area contributed by atoms with Crippen LogP contribution >= 0.6 is 11.3 Å². The topological polar surface area (TPSA) is 161 Å². The molecule has 0 spiro atoms. The molecular formula is C26H27N5O5S. The van der Waals surface area contributed by atoms with Crippen molar-refractivity contribution in [2.75, 3.05) is 17.2 Å². The van der Waals surface area contributed by atoms with Crippen LogP contribution in [0.15, 0.2) is 48.5 Å². The van der Waals surface area contributed by atoms with E-state index in [1.165, 1.54) is 17.4 Å². The predicted molar refractivity (Wildman–Crippen MR) is 141 cm³/mol. The van der Waals surface area contributed by atoms with Gasteiger partial charge in [0.2, 0.25) is 5.95 Å². The maximum atomic E-state index is 11.3. The van der Waals surface area contributed by atoms with Gasteiger partial charge in [-0.15, -0.1) is 11.3 Å². The van der Waals surface area contributed by atoms with Gasteiger partial charge in [0.25, 0.3) is 0 Å². The Labute approximate surface area is 216 Å². The van der Waals surface area contributed by atoms with Gasteiger partial charge in [0.15, 0.2) is 5.72 Å². The van der Waals surface area contributed by atoms with Crippen LogP contribution in [0.2, 0.25) is 0 Å². The number of nitrogens with one attached hydrogen (secondary N) is 2. The highest BCUT2D eigenvalue weighted by molar-refractivity contribution is 7.21. The number of carbonyl (C=O) groups is 1. The van der Waals surface area contributed by atoms with Gasteiger partial charge >= 0.3 is 5.97 Å². The number of benzene rings is 2. The summed E-state index contributed by atoms with van der Waals surface area (Å²) in [5, 5.41) is 47.7. The van der Waals surface area contributed by atoms with Crippen LogP contribution in [0.4, 0.5) is 11.8 Å². The number of aliphatic hydroxyl groups is 3. The number of anilines is 2. The van der Waals surface area contributed by atoms with Gasteiger partial charge in [-0.2, -0.15) is 4.98 Å². The number of fused-ring (bicyclic) bond motifs is 1. The Morgan fingerprint density at radius 1 is 1.16 bits per heavy atom. The Kier molecular flexibility index (Phi) is 6.78. The number of aryl methyl sites for hydroxylation is 1. The molecule has 192 valence electrons. The van der Waals surface area contributed by atoms with Gasteiger partial charge < -0.3 is 31.1 Å². The molecule has 1 aliphatic rings. The number of aliphatic hydroxyl groups excluding tert-OH is 2. The molecule has 1 saturated carbocycles. The first kappa shape index (κ1) is 25.0. The maximum Gasteiger partial charge on any atom is 0.335 e. The van der Waals surface area contributed by atoms with Crippen LogP contribution in [0.3, 0.4) is 0 Å². The number of rotatable bonds is 8. The number of aromatic carboxylic acids is 1. The summed E-state index contributed by atoms with van der Waals surface area (Å²) in [6, 6.07) is 14.3. The summed E-state index contributed by atoms with van der Waals surface area (Å²) in [7, 11) is 0. The van der Waals surface area contributed by atoms with E-state index in [4.69, 9.17) is 4.98 Å². The second-order valence-corrected chi connectivity index (χ2v) is 10.2. The first-order valence-corrected chi connectivity index (χ1v) is 12.7. The molecule has 10 nitrogen and oxygen atoms in total. The van der Waals surface area contributed by atoms with Crippen molar-refractivity contribution in [2.24, 2.45) is 5.92 Å². The van der Waals surface area contributed by atoms with Crippen molar-refractivity contribution in [2.45, 2.75) is 38.1 Å². The van der Waals surface area contributed by atoms with Crippen molar-refractivity contribution in [1.82, 2.24) is 15.0 Å². The summed E-state index contributed by atoms with van der Waals surface area (Å²) in [5.74, 6) is -0.899. The summed E-state index contributed by atoms with van der Waals surface area (Å²) in [6.07, 6.45) is -0.509. The molecule has 6 N–H and O–H groups in total. The van der Waals surface area contributed by atoms with Gasteiger partial charge in [-0.1, -0.05) is 24.3 Å². The van der Waals surface area contributed by atoms with Gasteiger partial charge in [0, 0.05) is 19.1 Å². The molecule has 2 aromatic carbocycles. The maximum absolute atomic E-state index is 11.3. The quantitative estimate of drug-likeness (QED) is 0.190. The van der Waals surface area contributed by atoms with Crippen LogP contribution in [0.1, 0.15) is 34.5 Å². The molecular weight excluding hydrogens is 494 g/mol. The summed E-state index contributed by atoms with van der Waals surface area (Å²) < 4.78 is 0.989. The molecule has 4 aromatic rings. The highest BCUT2D eigenvalue weighted by atomic mass is 32.1. The number of para-hydroxylation sites is 1. The average molecular weight is 522 g/mol. The van der Waals surface area contributed by atoms with E-state index in [9.17, 15) is 25.2 Å². The lowest BCUT2D eigenvalue weighted by atomic mass is 10.0. The third kappa shape index (κ3) is 4.98. The molecule has 0 bridgehead atoms. The van der Waals surface area contributed by atoms with Crippen molar-refractivity contribution >= 4 is 39.3 Å². The van der Waals surface area contributed by atoms with Gasteiger partial charge in [-0.05, 0) is 49.6 Å². The molecule has 0 radical (unpaired) electrons. The Morgan fingerprint density at radius 2 is 1.97 bits per heavy atom. The van der Waals surface area contributed by atoms with Gasteiger partial charge in [-0.3, -0.25) is 0 Å². The normalized spacial score (nSPS) is 21.3. The van der Waals surface area contributed by atoms with Crippen molar-refractivity contribution in [3.63, 3.8) is 0 Å². The molecule has 0 amide bonds. The van der Waals surface area contributed by atoms with Crippen LogP contribution < -0.4 is 10.6 Å². The number of aromatic nitrogens is 3. The standard InChI is InChI=1S/C26H27N5O5S/c1-14-20(23-29-18-7-2-3-8-19(18)37-23)22(31-26(36)10-9-17(13-32)21(26)33)30-25(28-14)27-12-15-5-4-6-16(11-15)24(34)35/h2-8,11,17,21,32-33,36H,9-10,12-13H2,1H3,(H,34,35)(H2,27,28,30,31). The van der Waals surface area contributed by atoms with E-state index in [0.29, 0.717) is 28.5 Å². The third-order valence-electron chi connectivity index (χ3n) is 6.62.